The van der Waals surface area contributed by atoms with Crippen LogP contribution in [0.15, 0.2) is 68.2 Å². The smallest absolute Gasteiger partial charge is 0.259 e. The van der Waals surface area contributed by atoms with E-state index in [-0.39, 0.29) is 5.91 Å². The number of hydrogen-bond acceptors (Lipinski definition) is 5. The second-order valence-electron chi connectivity index (χ2n) is 5.89. The Morgan fingerprint density at radius 1 is 1.07 bits per heavy atom. The highest BCUT2D eigenvalue weighted by Crippen LogP contribution is 2.28. The zero-order valence-corrected chi connectivity index (χ0v) is 17.7. The van der Waals surface area contributed by atoms with Gasteiger partial charge in [-0.25, -0.2) is 4.98 Å². The largest absolute Gasteiger partial charge is 0.496 e. The maximum Gasteiger partial charge on any atom is 0.259 e. The van der Waals surface area contributed by atoms with E-state index < -0.39 is 0 Å². The summed E-state index contributed by atoms with van der Waals surface area (Å²) in [5, 5.41) is 2.87. The number of anilines is 1. The zero-order chi connectivity index (χ0) is 19.7. The first-order valence-corrected chi connectivity index (χ1v) is 9.78. The lowest BCUT2D eigenvalue weighted by atomic mass is 10.2. The molecule has 2 heterocycles. The average Bonchev–Trinajstić information content (AvgIpc) is 3.11. The molecule has 4 aromatic rings. The molecule has 0 aliphatic rings. The van der Waals surface area contributed by atoms with E-state index in [4.69, 9.17) is 9.15 Å². The summed E-state index contributed by atoms with van der Waals surface area (Å²) in [5.41, 5.74) is 3.04. The van der Waals surface area contributed by atoms with Crippen LogP contribution in [-0.4, -0.2) is 23.0 Å². The number of benzene rings is 2. The second kappa shape index (κ2) is 7.73. The number of nitrogens with one attached hydrogen (secondary N) is 1. The van der Waals surface area contributed by atoms with Gasteiger partial charge in [0.25, 0.3) is 5.91 Å². The van der Waals surface area contributed by atoms with Crippen LogP contribution in [0.2, 0.25) is 0 Å². The summed E-state index contributed by atoms with van der Waals surface area (Å²) < 4.78 is 12.7. The number of hydrogen-bond donors (Lipinski definition) is 1. The van der Waals surface area contributed by atoms with E-state index in [0.717, 1.165) is 14.5 Å². The number of carbonyl (C=O) groups excluding carboxylic acids is 1. The third-order valence-electron chi connectivity index (χ3n) is 4.00. The molecular formula is C20H13Br2N3O3. The van der Waals surface area contributed by atoms with E-state index in [1.807, 2.05) is 12.1 Å². The van der Waals surface area contributed by atoms with Crippen LogP contribution in [0.3, 0.4) is 0 Å². The van der Waals surface area contributed by atoms with Gasteiger partial charge >= 0.3 is 0 Å². The highest BCUT2D eigenvalue weighted by molar-refractivity contribution is 9.10. The fourth-order valence-corrected chi connectivity index (χ4v) is 3.44. The average molecular weight is 503 g/mol. The molecule has 0 fully saturated rings. The third kappa shape index (κ3) is 3.79. The lowest BCUT2D eigenvalue weighted by Crippen LogP contribution is -2.13. The number of rotatable bonds is 4. The fraction of sp³-hybridized carbons (Fsp3) is 0.0500. The van der Waals surface area contributed by atoms with E-state index in [1.165, 1.54) is 7.11 Å². The Kier molecular flexibility index (Phi) is 5.15. The van der Waals surface area contributed by atoms with Gasteiger partial charge in [-0.2, -0.15) is 0 Å². The molecule has 0 saturated heterocycles. The van der Waals surface area contributed by atoms with Crippen molar-refractivity contribution in [3.05, 3.63) is 69.4 Å². The summed E-state index contributed by atoms with van der Waals surface area (Å²) in [6.07, 6.45) is 3.37. The van der Waals surface area contributed by atoms with Crippen molar-refractivity contribution in [2.75, 3.05) is 12.4 Å². The van der Waals surface area contributed by atoms with Gasteiger partial charge in [-0.05, 0) is 58.4 Å². The Bertz CT molecular complexity index is 1190. The van der Waals surface area contributed by atoms with Crippen LogP contribution < -0.4 is 10.1 Å². The number of methoxy groups -OCH3 is 1. The molecule has 0 unspecified atom stereocenters. The molecule has 0 spiro atoms. The van der Waals surface area contributed by atoms with Gasteiger partial charge in [-0.15, -0.1) is 0 Å². The van der Waals surface area contributed by atoms with Gasteiger partial charge < -0.3 is 14.5 Å². The van der Waals surface area contributed by atoms with Gasteiger partial charge in [0, 0.05) is 27.0 Å². The van der Waals surface area contributed by atoms with Gasteiger partial charge in [0.2, 0.25) is 5.89 Å². The number of fused-ring (bicyclic) bond motifs is 1. The first-order chi connectivity index (χ1) is 13.5. The number of aromatic nitrogens is 2. The van der Waals surface area contributed by atoms with Gasteiger partial charge in [-0.3, -0.25) is 9.78 Å². The van der Waals surface area contributed by atoms with Crippen LogP contribution in [0.1, 0.15) is 10.4 Å². The minimum absolute atomic E-state index is 0.280. The summed E-state index contributed by atoms with van der Waals surface area (Å²) in [4.78, 5) is 21.3. The van der Waals surface area contributed by atoms with Crippen molar-refractivity contribution in [1.29, 1.82) is 0 Å². The molecule has 1 N–H and O–H groups in total. The summed E-state index contributed by atoms with van der Waals surface area (Å²) in [6, 6.07) is 12.4. The van der Waals surface area contributed by atoms with Gasteiger partial charge in [0.05, 0.1) is 18.2 Å². The molecule has 0 saturated carbocycles. The molecule has 2 aromatic carbocycles. The summed E-state index contributed by atoms with van der Waals surface area (Å²) in [5.74, 6) is 0.672. The van der Waals surface area contributed by atoms with Crippen molar-refractivity contribution in [3.8, 4) is 17.2 Å². The quantitative estimate of drug-likeness (QED) is 0.388. The number of amides is 1. The Balaban J connectivity index is 1.63. The van der Waals surface area contributed by atoms with E-state index >= 15 is 0 Å². The highest BCUT2D eigenvalue weighted by Gasteiger charge is 2.15. The Morgan fingerprint density at radius 3 is 2.71 bits per heavy atom. The van der Waals surface area contributed by atoms with Crippen molar-refractivity contribution < 1.29 is 13.9 Å². The zero-order valence-electron chi connectivity index (χ0n) is 14.6. The van der Waals surface area contributed by atoms with Crippen molar-refractivity contribution in [1.82, 2.24) is 9.97 Å². The Hall–Kier alpha value is -2.71. The minimum atomic E-state index is -0.280. The first-order valence-electron chi connectivity index (χ1n) is 8.20. The Morgan fingerprint density at radius 2 is 1.93 bits per heavy atom. The number of oxazole rings is 1. The van der Waals surface area contributed by atoms with Gasteiger partial charge in [-0.1, -0.05) is 15.9 Å². The molecular weight excluding hydrogens is 490 g/mol. The van der Waals surface area contributed by atoms with E-state index in [0.29, 0.717) is 34.0 Å². The number of halogens is 2. The molecule has 8 heteroatoms. The Labute approximate surface area is 177 Å². The molecule has 2 aromatic heterocycles. The molecule has 4 rings (SSSR count). The van der Waals surface area contributed by atoms with Crippen LogP contribution in [-0.2, 0) is 0 Å². The number of ether oxygens (including phenoxy) is 1. The van der Waals surface area contributed by atoms with E-state index in [9.17, 15) is 4.79 Å². The maximum absolute atomic E-state index is 12.7. The maximum atomic E-state index is 12.7. The third-order valence-corrected chi connectivity index (χ3v) is 4.93. The molecule has 0 aliphatic heterocycles. The van der Waals surface area contributed by atoms with Gasteiger partial charge in [0.15, 0.2) is 5.58 Å². The molecule has 0 aliphatic carbocycles. The van der Waals surface area contributed by atoms with Crippen molar-refractivity contribution in [3.63, 3.8) is 0 Å². The monoisotopic (exact) mass is 501 g/mol. The van der Waals surface area contributed by atoms with Crippen LogP contribution >= 0.6 is 31.9 Å². The second-order valence-corrected chi connectivity index (χ2v) is 7.72. The molecule has 0 bridgehead atoms. The van der Waals surface area contributed by atoms with Crippen molar-refractivity contribution in [2.45, 2.75) is 0 Å². The molecule has 28 heavy (non-hydrogen) atoms. The van der Waals surface area contributed by atoms with Crippen LogP contribution in [0.4, 0.5) is 5.69 Å². The lowest BCUT2D eigenvalue weighted by Gasteiger charge is -2.09. The summed E-state index contributed by atoms with van der Waals surface area (Å²) in [6.45, 7) is 0. The van der Waals surface area contributed by atoms with Gasteiger partial charge in [0.1, 0.15) is 11.3 Å². The first kappa shape index (κ1) is 18.6. The SMILES string of the molecule is COc1ccc(Br)cc1C(=O)Nc1ccc2oc(-c3cncc(Br)c3)nc2c1. The normalized spacial score (nSPS) is 10.8. The van der Waals surface area contributed by atoms with Crippen LogP contribution in [0.5, 0.6) is 5.75 Å². The van der Waals surface area contributed by atoms with E-state index in [1.54, 1.807) is 42.7 Å². The highest BCUT2D eigenvalue weighted by atomic mass is 79.9. The number of nitrogens with zero attached hydrogens (tertiary/aromatic N) is 2. The molecule has 1 amide bonds. The summed E-state index contributed by atoms with van der Waals surface area (Å²) >= 11 is 6.76. The topological polar surface area (TPSA) is 77.2 Å². The molecule has 0 atom stereocenters. The summed E-state index contributed by atoms with van der Waals surface area (Å²) in [7, 11) is 1.53. The van der Waals surface area contributed by atoms with Crippen molar-refractivity contribution >= 4 is 54.6 Å². The molecule has 140 valence electrons. The standard InChI is InChI=1S/C20H13Br2N3O3/c1-27-17-4-2-12(21)7-15(17)19(26)24-14-3-5-18-16(8-14)25-20(28-18)11-6-13(22)10-23-9-11/h2-10H,1H3,(H,24,26). The number of pyridine rings is 1. The minimum Gasteiger partial charge on any atom is -0.496 e. The molecule has 6 nitrogen and oxygen atoms in total. The fourth-order valence-electron chi connectivity index (χ4n) is 2.71. The lowest BCUT2D eigenvalue weighted by molar-refractivity contribution is 0.102. The van der Waals surface area contributed by atoms with E-state index in [2.05, 4.69) is 47.1 Å². The van der Waals surface area contributed by atoms with Crippen LogP contribution in [0.25, 0.3) is 22.6 Å². The van der Waals surface area contributed by atoms with Crippen molar-refractivity contribution in [2.24, 2.45) is 0 Å². The van der Waals surface area contributed by atoms with Crippen LogP contribution in [0, 0.1) is 0 Å². The predicted octanol–water partition coefficient (Wildman–Crippen LogP) is 5.68. The predicted molar refractivity (Wildman–Crippen MR) is 114 cm³/mol. The number of carbonyl (C=O) groups is 1. The molecule has 0 radical (unpaired) electrons.